The van der Waals surface area contributed by atoms with Crippen molar-refractivity contribution in [1.82, 2.24) is 15.1 Å². The number of aryl methyl sites for hydroxylation is 1. The Morgan fingerprint density at radius 2 is 1.71 bits per heavy atom. The summed E-state index contributed by atoms with van der Waals surface area (Å²) in [6.45, 7) is 2.02. The number of nitrogens with zero attached hydrogens (tertiary/aromatic N) is 2. The molecule has 0 radical (unpaired) electrons. The Labute approximate surface area is 161 Å². The molecule has 0 fully saturated rings. The smallest absolute Gasteiger partial charge is 0.359 e. The quantitative estimate of drug-likeness (QED) is 0.662. The van der Waals surface area contributed by atoms with Crippen LogP contribution in [-0.2, 0) is 16.6 Å². The first-order chi connectivity index (χ1) is 13.5. The van der Waals surface area contributed by atoms with E-state index in [-0.39, 0.29) is 17.2 Å². The first kappa shape index (κ1) is 19.3. The van der Waals surface area contributed by atoms with Gasteiger partial charge in [-0.2, -0.15) is 5.10 Å². The van der Waals surface area contributed by atoms with Crippen LogP contribution in [0, 0.1) is 0 Å². The van der Waals surface area contributed by atoms with Crippen LogP contribution >= 0.6 is 0 Å². The highest BCUT2D eigenvalue weighted by molar-refractivity contribution is 6.02. The van der Waals surface area contributed by atoms with Crippen LogP contribution in [0.15, 0.2) is 59.4 Å². The van der Waals surface area contributed by atoms with Crippen molar-refractivity contribution in [3.63, 3.8) is 0 Å². The minimum atomic E-state index is -0.752. The molecule has 0 saturated heterocycles. The van der Waals surface area contributed by atoms with E-state index in [0.717, 1.165) is 10.2 Å². The van der Waals surface area contributed by atoms with Gasteiger partial charge in [-0.1, -0.05) is 55.5 Å². The van der Waals surface area contributed by atoms with Crippen LogP contribution in [0.1, 0.15) is 28.9 Å². The highest BCUT2D eigenvalue weighted by Crippen LogP contribution is 2.14. The molecule has 0 spiro atoms. The van der Waals surface area contributed by atoms with Gasteiger partial charge in [0.05, 0.1) is 5.39 Å². The molecule has 2 aromatic carbocycles. The van der Waals surface area contributed by atoms with Crippen LogP contribution in [0.3, 0.4) is 0 Å². The van der Waals surface area contributed by atoms with E-state index < -0.39 is 18.5 Å². The third kappa shape index (κ3) is 4.25. The van der Waals surface area contributed by atoms with Crippen molar-refractivity contribution >= 4 is 22.6 Å². The Morgan fingerprint density at radius 1 is 1.07 bits per heavy atom. The molecule has 1 unspecified atom stereocenters. The van der Waals surface area contributed by atoms with E-state index in [1.807, 2.05) is 37.3 Å². The topological polar surface area (TPSA) is 90.3 Å². The lowest BCUT2D eigenvalue weighted by Gasteiger charge is -2.13. The standard InChI is InChI=1S/C21H21N3O4/c1-14(15-8-4-3-5-9-15)12-22-18(25)13-28-21(27)19-16-10-6-7-11-17(16)20(26)24(2)23-19/h3-11,14H,12-13H2,1-2H3,(H,22,25). The van der Waals surface area contributed by atoms with Crippen LogP contribution < -0.4 is 10.9 Å². The third-order valence-electron chi connectivity index (χ3n) is 4.46. The van der Waals surface area contributed by atoms with Gasteiger partial charge >= 0.3 is 5.97 Å². The molecule has 0 bridgehead atoms. The monoisotopic (exact) mass is 379 g/mol. The fraction of sp³-hybridized carbons (Fsp3) is 0.238. The molecule has 1 aromatic heterocycles. The summed E-state index contributed by atoms with van der Waals surface area (Å²) in [5.74, 6) is -1.02. The Balaban J connectivity index is 1.61. The summed E-state index contributed by atoms with van der Waals surface area (Å²) in [6.07, 6.45) is 0. The minimum absolute atomic E-state index is 0.00292. The SMILES string of the molecule is CC(CNC(=O)COC(=O)c1nn(C)c(=O)c2ccccc12)c1ccccc1. The predicted octanol–water partition coefficient (Wildman–Crippen LogP) is 2.01. The zero-order valence-electron chi connectivity index (χ0n) is 15.7. The van der Waals surface area contributed by atoms with Crippen molar-refractivity contribution in [1.29, 1.82) is 0 Å². The van der Waals surface area contributed by atoms with Crippen molar-refractivity contribution in [3.05, 3.63) is 76.2 Å². The molecular formula is C21H21N3O4. The molecule has 3 aromatic rings. The van der Waals surface area contributed by atoms with Crippen molar-refractivity contribution in [2.75, 3.05) is 13.2 Å². The van der Waals surface area contributed by atoms with Gasteiger partial charge in [-0.3, -0.25) is 9.59 Å². The Hall–Kier alpha value is -3.48. The lowest BCUT2D eigenvalue weighted by molar-refractivity contribution is -0.124. The summed E-state index contributed by atoms with van der Waals surface area (Å²) in [5, 5.41) is 7.51. The van der Waals surface area contributed by atoms with Gasteiger partial charge in [0.25, 0.3) is 11.5 Å². The molecule has 0 saturated carbocycles. The molecule has 144 valence electrons. The normalized spacial score (nSPS) is 11.8. The van der Waals surface area contributed by atoms with Crippen LogP contribution in [0.5, 0.6) is 0 Å². The second-order valence-electron chi connectivity index (χ2n) is 6.51. The molecule has 1 N–H and O–H groups in total. The molecule has 7 heteroatoms. The number of ether oxygens (including phenoxy) is 1. The maximum atomic E-state index is 12.4. The number of hydrogen-bond donors (Lipinski definition) is 1. The number of esters is 1. The fourth-order valence-electron chi connectivity index (χ4n) is 2.87. The van der Waals surface area contributed by atoms with Crippen molar-refractivity contribution in [2.45, 2.75) is 12.8 Å². The maximum absolute atomic E-state index is 12.4. The number of aromatic nitrogens is 2. The van der Waals surface area contributed by atoms with E-state index in [2.05, 4.69) is 10.4 Å². The molecule has 0 aliphatic rings. The molecule has 0 aliphatic carbocycles. The number of rotatable bonds is 6. The second-order valence-corrected chi connectivity index (χ2v) is 6.51. The highest BCUT2D eigenvalue weighted by atomic mass is 16.5. The average molecular weight is 379 g/mol. The van der Waals surface area contributed by atoms with Gasteiger partial charge in [-0.25, -0.2) is 9.48 Å². The largest absolute Gasteiger partial charge is 0.451 e. The van der Waals surface area contributed by atoms with Crippen LogP contribution in [0.2, 0.25) is 0 Å². The second kappa shape index (κ2) is 8.47. The first-order valence-corrected chi connectivity index (χ1v) is 8.92. The van der Waals surface area contributed by atoms with Gasteiger partial charge in [-0.15, -0.1) is 0 Å². The molecule has 1 atom stereocenters. The Kier molecular flexibility index (Phi) is 5.84. The molecule has 28 heavy (non-hydrogen) atoms. The lowest BCUT2D eigenvalue weighted by Crippen LogP contribution is -2.32. The zero-order chi connectivity index (χ0) is 20.1. The number of carbonyl (C=O) groups is 2. The molecule has 3 rings (SSSR count). The van der Waals surface area contributed by atoms with E-state index in [4.69, 9.17) is 4.74 Å². The van der Waals surface area contributed by atoms with E-state index in [0.29, 0.717) is 17.3 Å². The number of hydrogen-bond acceptors (Lipinski definition) is 5. The fourth-order valence-corrected chi connectivity index (χ4v) is 2.87. The number of carbonyl (C=O) groups excluding carboxylic acids is 2. The number of amides is 1. The van der Waals surface area contributed by atoms with Gasteiger partial charge in [0.1, 0.15) is 0 Å². The molecule has 1 amide bonds. The van der Waals surface area contributed by atoms with E-state index in [1.165, 1.54) is 7.05 Å². The first-order valence-electron chi connectivity index (χ1n) is 8.92. The number of fused-ring (bicyclic) bond motifs is 1. The minimum Gasteiger partial charge on any atom is -0.451 e. The maximum Gasteiger partial charge on any atom is 0.359 e. The van der Waals surface area contributed by atoms with E-state index >= 15 is 0 Å². The van der Waals surface area contributed by atoms with Crippen molar-refractivity contribution in [2.24, 2.45) is 7.05 Å². The van der Waals surface area contributed by atoms with Crippen LogP contribution in [0.25, 0.3) is 10.8 Å². The summed E-state index contributed by atoms with van der Waals surface area (Å²) in [7, 11) is 1.46. The lowest BCUT2D eigenvalue weighted by atomic mass is 10.0. The molecule has 1 heterocycles. The number of benzene rings is 2. The van der Waals surface area contributed by atoms with Gasteiger partial charge in [0.15, 0.2) is 12.3 Å². The van der Waals surface area contributed by atoms with Gasteiger partial charge in [0.2, 0.25) is 0 Å². The summed E-state index contributed by atoms with van der Waals surface area (Å²) < 4.78 is 6.19. The van der Waals surface area contributed by atoms with Crippen molar-refractivity contribution in [3.8, 4) is 0 Å². The van der Waals surface area contributed by atoms with Crippen molar-refractivity contribution < 1.29 is 14.3 Å². The third-order valence-corrected chi connectivity index (χ3v) is 4.46. The highest BCUT2D eigenvalue weighted by Gasteiger charge is 2.18. The average Bonchev–Trinajstić information content (AvgIpc) is 2.73. The van der Waals surface area contributed by atoms with Crippen LogP contribution in [-0.4, -0.2) is 34.8 Å². The Morgan fingerprint density at radius 3 is 2.43 bits per heavy atom. The van der Waals surface area contributed by atoms with E-state index in [1.54, 1.807) is 24.3 Å². The summed E-state index contributed by atoms with van der Waals surface area (Å²) in [5.41, 5.74) is 0.809. The van der Waals surface area contributed by atoms with Crippen LogP contribution in [0.4, 0.5) is 0 Å². The van der Waals surface area contributed by atoms with E-state index in [9.17, 15) is 14.4 Å². The summed E-state index contributed by atoms with van der Waals surface area (Å²) in [6, 6.07) is 16.5. The number of nitrogens with one attached hydrogen (secondary N) is 1. The zero-order valence-corrected chi connectivity index (χ0v) is 15.7. The summed E-state index contributed by atoms with van der Waals surface area (Å²) in [4.78, 5) is 36.6. The van der Waals surface area contributed by atoms with Gasteiger partial charge in [0, 0.05) is 19.0 Å². The molecule has 0 aliphatic heterocycles. The molecule has 7 nitrogen and oxygen atoms in total. The predicted molar refractivity (Wildman–Crippen MR) is 105 cm³/mol. The Bertz CT molecular complexity index is 1060. The van der Waals surface area contributed by atoms with Gasteiger partial charge < -0.3 is 10.1 Å². The summed E-state index contributed by atoms with van der Waals surface area (Å²) >= 11 is 0. The molecular weight excluding hydrogens is 358 g/mol. The van der Waals surface area contributed by atoms with Gasteiger partial charge in [-0.05, 0) is 17.5 Å².